The lowest BCUT2D eigenvalue weighted by molar-refractivity contribution is -0.134. The standard InChI is InChI=1S/C8H16N2O2S/c1-3-4-12-6-8(11)10(2)5-7(9)13/h3-6H2,1-2H3,(H2,9,13). The first-order valence-electron chi connectivity index (χ1n) is 4.18. The summed E-state index contributed by atoms with van der Waals surface area (Å²) < 4.78 is 5.07. The third-order valence-corrected chi connectivity index (χ3v) is 1.52. The monoisotopic (exact) mass is 204 g/mol. The zero-order chi connectivity index (χ0) is 10.3. The van der Waals surface area contributed by atoms with E-state index in [1.807, 2.05) is 6.92 Å². The maximum absolute atomic E-state index is 11.2. The third kappa shape index (κ3) is 6.48. The Morgan fingerprint density at radius 2 is 2.23 bits per heavy atom. The van der Waals surface area contributed by atoms with Crippen molar-refractivity contribution in [3.8, 4) is 0 Å². The Hall–Kier alpha value is -0.680. The predicted molar refractivity (Wildman–Crippen MR) is 55.5 cm³/mol. The van der Waals surface area contributed by atoms with Gasteiger partial charge in [0.05, 0.1) is 11.5 Å². The molecule has 0 aromatic carbocycles. The van der Waals surface area contributed by atoms with Crippen LogP contribution in [-0.2, 0) is 9.53 Å². The minimum absolute atomic E-state index is 0.0961. The Bertz CT molecular complexity index is 185. The summed E-state index contributed by atoms with van der Waals surface area (Å²) in [6.45, 7) is 3.01. The smallest absolute Gasteiger partial charge is 0.248 e. The molecule has 0 aromatic rings. The van der Waals surface area contributed by atoms with Crippen LogP contribution in [0.4, 0.5) is 0 Å². The van der Waals surface area contributed by atoms with Gasteiger partial charge in [-0.2, -0.15) is 0 Å². The molecule has 0 spiro atoms. The molecule has 0 aliphatic carbocycles. The Kier molecular flexibility index (Phi) is 6.44. The summed E-state index contributed by atoms with van der Waals surface area (Å²) in [4.78, 5) is 13.0. The maximum atomic E-state index is 11.2. The summed E-state index contributed by atoms with van der Waals surface area (Å²) >= 11 is 4.67. The van der Waals surface area contributed by atoms with E-state index in [-0.39, 0.29) is 12.5 Å². The molecule has 13 heavy (non-hydrogen) atoms. The van der Waals surface area contributed by atoms with Gasteiger partial charge in [-0.05, 0) is 6.42 Å². The van der Waals surface area contributed by atoms with E-state index in [4.69, 9.17) is 10.5 Å². The first-order chi connectivity index (χ1) is 6.07. The fraction of sp³-hybridized carbons (Fsp3) is 0.750. The zero-order valence-corrected chi connectivity index (χ0v) is 8.89. The summed E-state index contributed by atoms with van der Waals surface area (Å²) in [7, 11) is 1.65. The van der Waals surface area contributed by atoms with E-state index in [0.717, 1.165) is 6.42 Å². The van der Waals surface area contributed by atoms with Crippen molar-refractivity contribution in [1.29, 1.82) is 0 Å². The highest BCUT2D eigenvalue weighted by atomic mass is 32.1. The molecule has 0 aliphatic heterocycles. The minimum atomic E-state index is -0.0961. The van der Waals surface area contributed by atoms with E-state index < -0.39 is 0 Å². The molecule has 0 saturated carbocycles. The molecule has 0 bridgehead atoms. The quantitative estimate of drug-likeness (QED) is 0.494. The highest BCUT2D eigenvalue weighted by Crippen LogP contribution is 1.88. The second-order valence-corrected chi connectivity index (χ2v) is 3.29. The second-order valence-electron chi connectivity index (χ2n) is 2.77. The molecule has 0 heterocycles. The van der Waals surface area contributed by atoms with Crippen LogP contribution >= 0.6 is 12.2 Å². The summed E-state index contributed by atoms with van der Waals surface area (Å²) in [6, 6.07) is 0. The molecule has 76 valence electrons. The molecule has 0 aromatic heterocycles. The SMILES string of the molecule is CCCOCC(=O)N(C)CC(N)=S. The van der Waals surface area contributed by atoms with Gasteiger partial charge in [-0.3, -0.25) is 4.79 Å². The van der Waals surface area contributed by atoms with Crippen molar-refractivity contribution in [1.82, 2.24) is 4.90 Å². The molecule has 2 N–H and O–H groups in total. The van der Waals surface area contributed by atoms with Crippen molar-refractivity contribution in [2.24, 2.45) is 5.73 Å². The Morgan fingerprint density at radius 1 is 1.62 bits per heavy atom. The first kappa shape index (κ1) is 12.3. The van der Waals surface area contributed by atoms with Gasteiger partial charge in [-0.1, -0.05) is 19.1 Å². The third-order valence-electron chi connectivity index (χ3n) is 1.39. The van der Waals surface area contributed by atoms with Crippen LogP contribution in [0.5, 0.6) is 0 Å². The van der Waals surface area contributed by atoms with Crippen molar-refractivity contribution in [3.63, 3.8) is 0 Å². The summed E-state index contributed by atoms with van der Waals surface area (Å²) in [5, 5.41) is 0. The number of rotatable bonds is 6. The van der Waals surface area contributed by atoms with E-state index in [0.29, 0.717) is 18.1 Å². The van der Waals surface area contributed by atoms with Gasteiger partial charge in [-0.25, -0.2) is 0 Å². The van der Waals surface area contributed by atoms with Gasteiger partial charge in [-0.15, -0.1) is 0 Å². The number of carbonyl (C=O) groups is 1. The number of ether oxygens (including phenoxy) is 1. The van der Waals surface area contributed by atoms with Crippen LogP contribution in [0.2, 0.25) is 0 Å². The molecular formula is C8H16N2O2S. The molecule has 0 fully saturated rings. The van der Waals surface area contributed by atoms with Crippen molar-refractivity contribution in [2.75, 3.05) is 26.8 Å². The van der Waals surface area contributed by atoms with Gasteiger partial charge in [0.25, 0.3) is 0 Å². The molecule has 0 atom stereocenters. The van der Waals surface area contributed by atoms with Gasteiger partial charge >= 0.3 is 0 Å². The number of nitrogens with zero attached hydrogens (tertiary/aromatic N) is 1. The van der Waals surface area contributed by atoms with Crippen LogP contribution in [0.1, 0.15) is 13.3 Å². The topological polar surface area (TPSA) is 55.6 Å². The van der Waals surface area contributed by atoms with Crippen LogP contribution in [0.3, 0.4) is 0 Å². The number of likely N-dealkylation sites (N-methyl/N-ethyl adjacent to an activating group) is 1. The van der Waals surface area contributed by atoms with Gasteiger partial charge in [0.1, 0.15) is 6.61 Å². The molecule has 5 heteroatoms. The number of hydrogen-bond acceptors (Lipinski definition) is 3. The average Bonchev–Trinajstić information content (AvgIpc) is 2.03. The highest BCUT2D eigenvalue weighted by Gasteiger charge is 2.08. The minimum Gasteiger partial charge on any atom is -0.392 e. The maximum Gasteiger partial charge on any atom is 0.248 e. The van der Waals surface area contributed by atoms with Crippen molar-refractivity contribution < 1.29 is 9.53 Å². The predicted octanol–water partition coefficient (Wildman–Crippen LogP) is 0.158. The van der Waals surface area contributed by atoms with Crippen molar-refractivity contribution >= 4 is 23.1 Å². The van der Waals surface area contributed by atoms with Crippen molar-refractivity contribution in [2.45, 2.75) is 13.3 Å². The molecule has 0 aliphatic rings. The van der Waals surface area contributed by atoms with Crippen LogP contribution in [-0.4, -0.2) is 42.6 Å². The van der Waals surface area contributed by atoms with E-state index in [1.165, 1.54) is 4.90 Å². The van der Waals surface area contributed by atoms with Crippen LogP contribution in [0.15, 0.2) is 0 Å². The molecular weight excluding hydrogens is 188 g/mol. The van der Waals surface area contributed by atoms with Gasteiger partial charge < -0.3 is 15.4 Å². The molecule has 0 unspecified atom stereocenters. The molecule has 4 nitrogen and oxygen atoms in total. The number of nitrogens with two attached hydrogens (primary N) is 1. The lowest BCUT2D eigenvalue weighted by Gasteiger charge is -2.15. The number of thiocarbonyl (C=S) groups is 1. The number of hydrogen-bond donors (Lipinski definition) is 1. The molecule has 0 rings (SSSR count). The second kappa shape index (κ2) is 6.80. The first-order valence-corrected chi connectivity index (χ1v) is 4.58. The highest BCUT2D eigenvalue weighted by molar-refractivity contribution is 7.80. The van der Waals surface area contributed by atoms with E-state index in [2.05, 4.69) is 12.2 Å². The molecule has 0 saturated heterocycles. The van der Waals surface area contributed by atoms with Crippen LogP contribution < -0.4 is 5.73 Å². The van der Waals surface area contributed by atoms with E-state index in [9.17, 15) is 4.79 Å². The fourth-order valence-electron chi connectivity index (χ4n) is 0.736. The summed E-state index contributed by atoms with van der Waals surface area (Å²) in [6.07, 6.45) is 0.909. The van der Waals surface area contributed by atoms with Gasteiger partial charge in [0, 0.05) is 13.7 Å². The largest absolute Gasteiger partial charge is 0.392 e. The zero-order valence-electron chi connectivity index (χ0n) is 8.08. The summed E-state index contributed by atoms with van der Waals surface area (Å²) in [5.41, 5.74) is 5.28. The van der Waals surface area contributed by atoms with Crippen molar-refractivity contribution in [3.05, 3.63) is 0 Å². The van der Waals surface area contributed by atoms with Crippen LogP contribution in [0, 0.1) is 0 Å². The van der Waals surface area contributed by atoms with E-state index in [1.54, 1.807) is 7.05 Å². The van der Waals surface area contributed by atoms with Crippen LogP contribution in [0.25, 0.3) is 0 Å². The fourth-order valence-corrected chi connectivity index (χ4v) is 0.930. The average molecular weight is 204 g/mol. The van der Waals surface area contributed by atoms with Gasteiger partial charge in [0.2, 0.25) is 5.91 Å². The summed E-state index contributed by atoms with van der Waals surface area (Å²) in [5.74, 6) is -0.0961. The Balaban J connectivity index is 3.63. The molecule has 1 amide bonds. The number of amides is 1. The number of carbonyl (C=O) groups excluding carboxylic acids is 1. The Labute approximate surface area is 84.0 Å². The molecule has 0 radical (unpaired) electrons. The van der Waals surface area contributed by atoms with E-state index >= 15 is 0 Å². The Morgan fingerprint density at radius 3 is 2.69 bits per heavy atom. The van der Waals surface area contributed by atoms with Gasteiger partial charge in [0.15, 0.2) is 0 Å². The normalized spacial score (nSPS) is 9.69. The lowest BCUT2D eigenvalue weighted by Crippen LogP contribution is -2.36. The lowest BCUT2D eigenvalue weighted by atomic mass is 10.5.